The van der Waals surface area contributed by atoms with Crippen LogP contribution in [0.1, 0.15) is 22.2 Å². The first-order valence-electron chi connectivity index (χ1n) is 5.34. The Morgan fingerprint density at radius 3 is 2.88 bits per heavy atom. The van der Waals surface area contributed by atoms with E-state index in [4.69, 9.17) is 0 Å². The highest BCUT2D eigenvalue weighted by atomic mass is 127. The third-order valence-corrected chi connectivity index (χ3v) is 3.98. The number of aryl methyl sites for hydroxylation is 1. The number of halogens is 1. The summed E-state index contributed by atoms with van der Waals surface area (Å²) in [7, 11) is 0. The lowest BCUT2D eigenvalue weighted by molar-refractivity contribution is 0.103. The van der Waals surface area contributed by atoms with Crippen LogP contribution in [-0.2, 0) is 6.42 Å². The molecule has 1 aromatic carbocycles. The standard InChI is InChI=1S/C13H12INOS/c1-2-9-8-10(14)5-6-11(9)15-13(16)12-4-3-7-17-12/h3-8H,2H2,1H3,(H,15,16). The minimum atomic E-state index is -0.0316. The Balaban J connectivity index is 2.21. The van der Waals surface area contributed by atoms with Gasteiger partial charge in [0.15, 0.2) is 0 Å². The quantitative estimate of drug-likeness (QED) is 0.821. The summed E-state index contributed by atoms with van der Waals surface area (Å²) in [6.07, 6.45) is 0.914. The third-order valence-electron chi connectivity index (χ3n) is 2.44. The van der Waals surface area contributed by atoms with Gasteiger partial charge in [0, 0.05) is 9.26 Å². The molecule has 0 bridgehead atoms. The number of carbonyl (C=O) groups is 1. The van der Waals surface area contributed by atoms with Crippen LogP contribution in [0.3, 0.4) is 0 Å². The van der Waals surface area contributed by atoms with Gasteiger partial charge in [-0.25, -0.2) is 0 Å². The number of carbonyl (C=O) groups excluding carboxylic acids is 1. The number of nitrogens with one attached hydrogen (secondary N) is 1. The molecule has 4 heteroatoms. The van der Waals surface area contributed by atoms with Crippen molar-refractivity contribution < 1.29 is 4.79 Å². The van der Waals surface area contributed by atoms with Crippen LogP contribution in [0.15, 0.2) is 35.7 Å². The Kier molecular flexibility index (Phi) is 4.17. The number of thiophene rings is 1. The van der Waals surface area contributed by atoms with E-state index >= 15 is 0 Å². The molecule has 0 saturated carbocycles. The summed E-state index contributed by atoms with van der Waals surface area (Å²) in [5, 5.41) is 4.87. The Morgan fingerprint density at radius 1 is 1.41 bits per heavy atom. The van der Waals surface area contributed by atoms with E-state index in [0.29, 0.717) is 0 Å². The maximum absolute atomic E-state index is 11.9. The lowest BCUT2D eigenvalue weighted by Gasteiger charge is -2.09. The Morgan fingerprint density at radius 2 is 2.24 bits per heavy atom. The van der Waals surface area contributed by atoms with E-state index in [1.54, 1.807) is 0 Å². The van der Waals surface area contributed by atoms with Crippen molar-refractivity contribution in [3.05, 3.63) is 49.7 Å². The molecule has 0 aliphatic heterocycles. The molecule has 0 aliphatic carbocycles. The van der Waals surface area contributed by atoms with Crippen LogP contribution in [0.2, 0.25) is 0 Å². The first-order chi connectivity index (χ1) is 8.20. The predicted molar refractivity (Wildman–Crippen MR) is 80.8 cm³/mol. The summed E-state index contributed by atoms with van der Waals surface area (Å²) in [6.45, 7) is 2.09. The summed E-state index contributed by atoms with van der Waals surface area (Å²) in [5.41, 5.74) is 2.08. The van der Waals surface area contributed by atoms with Gasteiger partial charge < -0.3 is 5.32 Å². The van der Waals surface area contributed by atoms with Crippen molar-refractivity contribution in [2.24, 2.45) is 0 Å². The average molecular weight is 357 g/mol. The highest BCUT2D eigenvalue weighted by molar-refractivity contribution is 14.1. The first kappa shape index (κ1) is 12.6. The summed E-state index contributed by atoms with van der Waals surface area (Å²) in [6, 6.07) is 9.78. The van der Waals surface area contributed by atoms with Gasteiger partial charge in [-0.05, 0) is 64.2 Å². The molecule has 0 atom stereocenters. The van der Waals surface area contributed by atoms with Crippen molar-refractivity contribution in [1.82, 2.24) is 0 Å². The number of amides is 1. The van der Waals surface area contributed by atoms with E-state index in [1.807, 2.05) is 29.6 Å². The topological polar surface area (TPSA) is 29.1 Å². The first-order valence-corrected chi connectivity index (χ1v) is 7.30. The van der Waals surface area contributed by atoms with E-state index in [0.717, 1.165) is 17.0 Å². The zero-order valence-corrected chi connectivity index (χ0v) is 12.3. The van der Waals surface area contributed by atoms with E-state index in [1.165, 1.54) is 20.5 Å². The van der Waals surface area contributed by atoms with Crippen LogP contribution < -0.4 is 5.32 Å². The zero-order chi connectivity index (χ0) is 12.3. The molecule has 0 fully saturated rings. The van der Waals surface area contributed by atoms with Crippen molar-refractivity contribution >= 4 is 45.5 Å². The Labute approximate surface area is 118 Å². The Bertz CT molecular complexity index is 522. The van der Waals surface area contributed by atoms with Crippen molar-refractivity contribution in [1.29, 1.82) is 0 Å². The van der Waals surface area contributed by atoms with Crippen molar-refractivity contribution in [2.75, 3.05) is 5.32 Å². The van der Waals surface area contributed by atoms with E-state index in [9.17, 15) is 4.79 Å². The summed E-state index contributed by atoms with van der Waals surface area (Å²) in [4.78, 5) is 12.7. The molecular formula is C13H12INOS. The second-order valence-corrected chi connectivity index (χ2v) is 5.78. The fraction of sp³-hybridized carbons (Fsp3) is 0.154. The van der Waals surface area contributed by atoms with E-state index in [-0.39, 0.29) is 5.91 Å². The van der Waals surface area contributed by atoms with E-state index < -0.39 is 0 Å². The van der Waals surface area contributed by atoms with Crippen LogP contribution in [0.5, 0.6) is 0 Å². The summed E-state index contributed by atoms with van der Waals surface area (Å²) < 4.78 is 1.19. The molecule has 17 heavy (non-hydrogen) atoms. The fourth-order valence-electron chi connectivity index (χ4n) is 1.57. The smallest absolute Gasteiger partial charge is 0.265 e. The molecule has 2 nitrogen and oxygen atoms in total. The minimum absolute atomic E-state index is 0.0316. The van der Waals surface area contributed by atoms with Crippen LogP contribution in [0.4, 0.5) is 5.69 Å². The monoisotopic (exact) mass is 357 g/mol. The van der Waals surface area contributed by atoms with Crippen LogP contribution >= 0.6 is 33.9 Å². The van der Waals surface area contributed by atoms with Gasteiger partial charge in [0.05, 0.1) is 4.88 Å². The molecule has 88 valence electrons. The van der Waals surface area contributed by atoms with Crippen molar-refractivity contribution in [3.63, 3.8) is 0 Å². The maximum atomic E-state index is 11.9. The molecule has 0 saturated heterocycles. The summed E-state index contributed by atoms with van der Waals surface area (Å²) >= 11 is 3.73. The zero-order valence-electron chi connectivity index (χ0n) is 9.37. The lowest BCUT2D eigenvalue weighted by atomic mass is 10.1. The fourth-order valence-corrected chi connectivity index (χ4v) is 2.74. The summed E-state index contributed by atoms with van der Waals surface area (Å²) in [5.74, 6) is -0.0316. The van der Waals surface area contributed by atoms with Gasteiger partial charge in [-0.3, -0.25) is 4.79 Å². The van der Waals surface area contributed by atoms with Gasteiger partial charge >= 0.3 is 0 Å². The van der Waals surface area contributed by atoms with Crippen molar-refractivity contribution in [2.45, 2.75) is 13.3 Å². The maximum Gasteiger partial charge on any atom is 0.265 e. The minimum Gasteiger partial charge on any atom is -0.321 e. The van der Waals surface area contributed by atoms with Crippen LogP contribution in [0.25, 0.3) is 0 Å². The number of hydrogen-bond donors (Lipinski definition) is 1. The van der Waals surface area contributed by atoms with Gasteiger partial charge in [-0.1, -0.05) is 13.0 Å². The highest BCUT2D eigenvalue weighted by Crippen LogP contribution is 2.21. The lowest BCUT2D eigenvalue weighted by Crippen LogP contribution is -2.11. The SMILES string of the molecule is CCc1cc(I)ccc1NC(=O)c1cccs1. The molecule has 0 radical (unpaired) electrons. The van der Waals surface area contributed by atoms with E-state index in [2.05, 4.69) is 40.9 Å². The normalized spacial score (nSPS) is 10.2. The molecule has 1 N–H and O–H groups in total. The van der Waals surface area contributed by atoms with Gasteiger partial charge in [-0.2, -0.15) is 0 Å². The van der Waals surface area contributed by atoms with Crippen LogP contribution in [0, 0.1) is 3.57 Å². The molecule has 2 rings (SSSR count). The van der Waals surface area contributed by atoms with Gasteiger partial charge in [0.1, 0.15) is 0 Å². The molecule has 2 aromatic rings. The van der Waals surface area contributed by atoms with Crippen LogP contribution in [-0.4, -0.2) is 5.91 Å². The molecule has 0 aliphatic rings. The Hall–Kier alpha value is -0.880. The molecule has 1 amide bonds. The molecular weight excluding hydrogens is 345 g/mol. The number of anilines is 1. The number of benzene rings is 1. The average Bonchev–Trinajstić information content (AvgIpc) is 2.85. The molecule has 1 heterocycles. The number of rotatable bonds is 3. The predicted octanol–water partition coefficient (Wildman–Crippen LogP) is 4.17. The second kappa shape index (κ2) is 5.64. The van der Waals surface area contributed by atoms with Gasteiger partial charge in [-0.15, -0.1) is 11.3 Å². The number of hydrogen-bond acceptors (Lipinski definition) is 2. The third kappa shape index (κ3) is 3.07. The molecule has 1 aromatic heterocycles. The van der Waals surface area contributed by atoms with Gasteiger partial charge in [0.25, 0.3) is 5.91 Å². The largest absolute Gasteiger partial charge is 0.321 e. The molecule has 0 unspecified atom stereocenters. The molecule has 0 spiro atoms. The second-order valence-electron chi connectivity index (χ2n) is 3.59. The van der Waals surface area contributed by atoms with Crippen molar-refractivity contribution in [3.8, 4) is 0 Å². The van der Waals surface area contributed by atoms with Gasteiger partial charge in [0.2, 0.25) is 0 Å². The highest BCUT2D eigenvalue weighted by Gasteiger charge is 2.09.